The van der Waals surface area contributed by atoms with Gasteiger partial charge in [-0.3, -0.25) is 0 Å². The molecular formula is C20H11Ir-. The summed E-state index contributed by atoms with van der Waals surface area (Å²) in [7, 11) is 0. The molecule has 0 bridgehead atoms. The van der Waals surface area contributed by atoms with Crippen LogP contribution in [-0.4, -0.2) is 0 Å². The van der Waals surface area contributed by atoms with Crippen LogP contribution in [-0.2, 0) is 20.1 Å². The van der Waals surface area contributed by atoms with E-state index in [4.69, 9.17) is 0 Å². The zero-order chi connectivity index (χ0) is 13.1. The molecule has 0 heterocycles. The molecule has 0 aliphatic rings. The Kier molecular flexibility index (Phi) is 2.75. The van der Waals surface area contributed by atoms with Crippen LogP contribution in [0.4, 0.5) is 0 Å². The third kappa shape index (κ3) is 1.59. The van der Waals surface area contributed by atoms with Gasteiger partial charge < -0.3 is 0 Å². The van der Waals surface area contributed by atoms with Gasteiger partial charge in [0.05, 0.1) is 0 Å². The van der Waals surface area contributed by atoms with Gasteiger partial charge in [0.15, 0.2) is 0 Å². The molecule has 21 heavy (non-hydrogen) atoms. The van der Waals surface area contributed by atoms with Crippen LogP contribution in [0.5, 0.6) is 0 Å². The van der Waals surface area contributed by atoms with Gasteiger partial charge in [-0.25, -0.2) is 0 Å². The summed E-state index contributed by atoms with van der Waals surface area (Å²) in [5.41, 5.74) is 0. The summed E-state index contributed by atoms with van der Waals surface area (Å²) in [5, 5.41) is 10.5. The molecule has 0 fully saturated rings. The second-order valence-corrected chi connectivity index (χ2v) is 5.33. The molecule has 0 atom stereocenters. The van der Waals surface area contributed by atoms with Crippen molar-refractivity contribution in [2.45, 2.75) is 0 Å². The SMILES string of the molecule is [Ir].[c-]1ccc2cccc3c4cccc5cccc(c1c23)c54. The van der Waals surface area contributed by atoms with Crippen LogP contribution in [0.25, 0.3) is 43.1 Å². The van der Waals surface area contributed by atoms with E-state index in [1.807, 2.05) is 6.07 Å². The summed E-state index contributed by atoms with van der Waals surface area (Å²) in [6.07, 6.45) is 0. The quantitative estimate of drug-likeness (QED) is 0.168. The van der Waals surface area contributed by atoms with Crippen molar-refractivity contribution in [2.24, 2.45) is 0 Å². The standard InChI is InChI=1S/C20H11.Ir/c1-5-13-6-2-11-17-18-12-4-8-14-7-3-10-16(20(14)18)15(9-1)19(13)17;/h1-11H;/q-1;. The van der Waals surface area contributed by atoms with Gasteiger partial charge in [-0.05, 0) is 16.2 Å². The van der Waals surface area contributed by atoms with E-state index in [2.05, 4.69) is 66.7 Å². The summed E-state index contributed by atoms with van der Waals surface area (Å²) in [5.74, 6) is 0. The molecule has 0 spiro atoms. The van der Waals surface area contributed by atoms with E-state index in [9.17, 15) is 0 Å². The largest absolute Gasteiger partial charge is 0.146 e. The number of benzene rings is 5. The zero-order valence-corrected chi connectivity index (χ0v) is 13.6. The second-order valence-electron chi connectivity index (χ2n) is 5.33. The first kappa shape index (κ1) is 12.8. The van der Waals surface area contributed by atoms with E-state index in [1.54, 1.807) is 0 Å². The molecule has 0 N–H and O–H groups in total. The van der Waals surface area contributed by atoms with Gasteiger partial charge in [0.25, 0.3) is 0 Å². The van der Waals surface area contributed by atoms with Crippen LogP contribution in [0, 0.1) is 6.07 Å². The van der Waals surface area contributed by atoms with Crippen LogP contribution < -0.4 is 0 Å². The van der Waals surface area contributed by atoms with Crippen molar-refractivity contribution in [3.63, 3.8) is 0 Å². The Morgan fingerprint density at radius 3 is 1.86 bits per heavy atom. The van der Waals surface area contributed by atoms with Crippen molar-refractivity contribution in [3.05, 3.63) is 72.8 Å². The van der Waals surface area contributed by atoms with Gasteiger partial charge >= 0.3 is 0 Å². The molecule has 0 aliphatic heterocycles. The van der Waals surface area contributed by atoms with Gasteiger partial charge in [0, 0.05) is 20.1 Å². The fraction of sp³-hybridized carbons (Fsp3) is 0. The Hall–Kier alpha value is -1.95. The molecule has 0 aromatic heterocycles. The third-order valence-electron chi connectivity index (χ3n) is 4.30. The molecule has 5 aromatic rings. The number of hydrogen-bond donors (Lipinski definition) is 0. The molecule has 0 amide bonds. The summed E-state index contributed by atoms with van der Waals surface area (Å²) >= 11 is 0. The molecule has 0 nitrogen and oxygen atoms in total. The van der Waals surface area contributed by atoms with E-state index in [0.717, 1.165) is 0 Å². The maximum atomic E-state index is 3.45. The van der Waals surface area contributed by atoms with Crippen molar-refractivity contribution in [2.75, 3.05) is 0 Å². The Morgan fingerprint density at radius 2 is 1.14 bits per heavy atom. The normalized spacial score (nSPS) is 11.4. The summed E-state index contributed by atoms with van der Waals surface area (Å²) in [6.45, 7) is 0. The van der Waals surface area contributed by atoms with Crippen molar-refractivity contribution in [1.29, 1.82) is 0 Å². The molecule has 0 saturated heterocycles. The number of hydrogen-bond acceptors (Lipinski definition) is 0. The minimum atomic E-state index is 0. The molecule has 101 valence electrons. The monoisotopic (exact) mass is 444 g/mol. The van der Waals surface area contributed by atoms with Crippen LogP contribution in [0.2, 0.25) is 0 Å². The van der Waals surface area contributed by atoms with Gasteiger partial charge in [-0.2, -0.15) is 0 Å². The molecule has 0 unspecified atom stereocenters. The van der Waals surface area contributed by atoms with E-state index in [0.29, 0.717) is 0 Å². The predicted molar refractivity (Wildman–Crippen MR) is 86.5 cm³/mol. The second kappa shape index (κ2) is 4.53. The van der Waals surface area contributed by atoms with E-state index < -0.39 is 0 Å². The maximum Gasteiger partial charge on any atom is 0 e. The Balaban J connectivity index is 0.00000115. The molecule has 5 rings (SSSR count). The average Bonchev–Trinajstić information content (AvgIpc) is 2.52. The molecule has 0 saturated carbocycles. The third-order valence-corrected chi connectivity index (χ3v) is 4.30. The van der Waals surface area contributed by atoms with Crippen LogP contribution in [0.3, 0.4) is 0 Å². The number of fused-ring (bicyclic) bond motifs is 2. The van der Waals surface area contributed by atoms with E-state index in [-0.39, 0.29) is 20.1 Å². The van der Waals surface area contributed by atoms with Crippen LogP contribution in [0.1, 0.15) is 0 Å². The molecule has 1 radical (unpaired) electrons. The fourth-order valence-electron chi connectivity index (χ4n) is 3.49. The van der Waals surface area contributed by atoms with E-state index in [1.165, 1.54) is 43.1 Å². The van der Waals surface area contributed by atoms with Crippen LogP contribution >= 0.6 is 0 Å². The smallest absolute Gasteiger partial charge is 0 e. The van der Waals surface area contributed by atoms with Gasteiger partial charge in [0.2, 0.25) is 0 Å². The van der Waals surface area contributed by atoms with Gasteiger partial charge in [0.1, 0.15) is 0 Å². The van der Waals surface area contributed by atoms with Crippen molar-refractivity contribution < 1.29 is 20.1 Å². The maximum absolute atomic E-state index is 3.45. The molecule has 0 aliphatic carbocycles. The first-order valence-corrected chi connectivity index (χ1v) is 6.89. The predicted octanol–water partition coefficient (Wildman–Crippen LogP) is 5.53. The Labute approximate surface area is 136 Å². The Bertz CT molecular complexity index is 923. The zero-order valence-electron chi connectivity index (χ0n) is 11.2. The van der Waals surface area contributed by atoms with Crippen molar-refractivity contribution in [3.8, 4) is 0 Å². The fourth-order valence-corrected chi connectivity index (χ4v) is 3.49. The summed E-state index contributed by atoms with van der Waals surface area (Å²) in [4.78, 5) is 0. The van der Waals surface area contributed by atoms with Crippen molar-refractivity contribution >= 4 is 43.1 Å². The molecular weight excluding hydrogens is 432 g/mol. The minimum Gasteiger partial charge on any atom is -0.146 e. The van der Waals surface area contributed by atoms with Gasteiger partial charge in [-0.1, -0.05) is 70.8 Å². The van der Waals surface area contributed by atoms with Crippen molar-refractivity contribution in [1.82, 2.24) is 0 Å². The topological polar surface area (TPSA) is 0 Å². The van der Waals surface area contributed by atoms with Gasteiger partial charge in [-0.15, -0.1) is 29.0 Å². The van der Waals surface area contributed by atoms with Crippen LogP contribution in [0.15, 0.2) is 66.7 Å². The summed E-state index contributed by atoms with van der Waals surface area (Å²) in [6, 6.07) is 27.3. The summed E-state index contributed by atoms with van der Waals surface area (Å²) < 4.78 is 0. The average molecular weight is 444 g/mol. The molecule has 1 heteroatoms. The van der Waals surface area contributed by atoms with E-state index >= 15 is 0 Å². The minimum absolute atomic E-state index is 0. The Morgan fingerprint density at radius 1 is 0.571 bits per heavy atom. The molecule has 5 aromatic carbocycles. The first-order valence-electron chi connectivity index (χ1n) is 6.89. The number of rotatable bonds is 0. The first-order chi connectivity index (χ1) is 9.93.